The molecule has 0 radical (unpaired) electrons. The first kappa shape index (κ1) is 19.0. The molecule has 2 unspecified atom stereocenters. The van der Waals surface area contributed by atoms with E-state index in [1.54, 1.807) is 0 Å². The van der Waals surface area contributed by atoms with Gasteiger partial charge in [0.15, 0.2) is 6.10 Å². The number of benzene rings is 1. The van der Waals surface area contributed by atoms with Gasteiger partial charge in [-0.15, -0.1) is 0 Å². The Hall–Kier alpha value is -2.29. The van der Waals surface area contributed by atoms with Crippen LogP contribution < -0.4 is 4.74 Å². The number of carboxylic acids is 1. The number of alkyl halides is 3. The van der Waals surface area contributed by atoms with Crippen LogP contribution in [0.4, 0.5) is 13.2 Å². The van der Waals surface area contributed by atoms with Gasteiger partial charge in [0.25, 0.3) is 5.91 Å². The van der Waals surface area contributed by atoms with Crippen LogP contribution in [0.2, 0.25) is 0 Å². The number of carbonyl (C=O) groups is 2. The van der Waals surface area contributed by atoms with Crippen molar-refractivity contribution in [2.24, 2.45) is 0 Å². The zero-order valence-corrected chi connectivity index (χ0v) is 13.5. The molecular weight excluding hydrogens is 343 g/mol. The molecule has 6 nitrogen and oxygen atoms in total. The summed E-state index contributed by atoms with van der Waals surface area (Å²) in [6.45, 7) is 1.78. The molecule has 0 aromatic heterocycles. The highest BCUT2D eigenvalue weighted by Gasteiger charge is 2.36. The standard InChI is InChI=1S/C16H18F3NO5/c1-10(25-13-5-3-2-4-12(13)16(17,18)19)15(23)20-6-7-24-9-11(20)8-14(21)22/h2-5,10-11H,6-9H2,1H3,(H,21,22). The maximum absolute atomic E-state index is 13.0. The molecule has 1 fully saturated rings. The molecule has 0 spiro atoms. The van der Waals surface area contributed by atoms with Crippen LogP contribution in [-0.4, -0.2) is 53.8 Å². The highest BCUT2D eigenvalue weighted by Crippen LogP contribution is 2.36. The summed E-state index contributed by atoms with van der Waals surface area (Å²) in [4.78, 5) is 24.7. The predicted molar refractivity (Wildman–Crippen MR) is 80.1 cm³/mol. The van der Waals surface area contributed by atoms with Crippen LogP contribution in [-0.2, 0) is 20.5 Å². The molecule has 2 atom stereocenters. The minimum atomic E-state index is -4.61. The molecule has 9 heteroatoms. The molecule has 2 rings (SSSR count). The molecule has 1 N–H and O–H groups in total. The number of amides is 1. The number of carboxylic acid groups (broad SMARTS) is 1. The number of hydrogen-bond acceptors (Lipinski definition) is 4. The van der Waals surface area contributed by atoms with E-state index >= 15 is 0 Å². The maximum atomic E-state index is 13.0. The Balaban J connectivity index is 2.13. The number of nitrogens with zero attached hydrogens (tertiary/aromatic N) is 1. The van der Waals surface area contributed by atoms with Crippen molar-refractivity contribution in [3.8, 4) is 5.75 Å². The van der Waals surface area contributed by atoms with E-state index in [2.05, 4.69) is 0 Å². The van der Waals surface area contributed by atoms with Crippen LogP contribution in [0.5, 0.6) is 5.75 Å². The normalized spacial score (nSPS) is 19.4. The zero-order chi connectivity index (χ0) is 18.6. The lowest BCUT2D eigenvalue weighted by atomic mass is 10.1. The number of ether oxygens (including phenoxy) is 2. The molecule has 1 aliphatic rings. The van der Waals surface area contributed by atoms with E-state index < -0.39 is 41.5 Å². The molecule has 0 saturated carbocycles. The second-order valence-electron chi connectivity index (χ2n) is 5.61. The first-order chi connectivity index (χ1) is 11.7. The summed E-state index contributed by atoms with van der Waals surface area (Å²) < 4.78 is 49.4. The first-order valence-electron chi connectivity index (χ1n) is 7.63. The number of halogens is 3. The van der Waals surface area contributed by atoms with Gasteiger partial charge < -0.3 is 19.5 Å². The van der Waals surface area contributed by atoms with Crippen molar-refractivity contribution in [2.45, 2.75) is 31.7 Å². The Morgan fingerprint density at radius 2 is 2.08 bits per heavy atom. The topological polar surface area (TPSA) is 76.1 Å². The fourth-order valence-electron chi connectivity index (χ4n) is 2.59. The van der Waals surface area contributed by atoms with Gasteiger partial charge in [-0.25, -0.2) is 0 Å². The lowest BCUT2D eigenvalue weighted by molar-refractivity contribution is -0.152. The van der Waals surface area contributed by atoms with Gasteiger partial charge in [0.1, 0.15) is 5.75 Å². The summed E-state index contributed by atoms with van der Waals surface area (Å²) in [6.07, 6.45) is -6.11. The van der Waals surface area contributed by atoms with Crippen LogP contribution in [0.3, 0.4) is 0 Å². The molecule has 138 valence electrons. The molecule has 1 aliphatic heterocycles. The van der Waals surface area contributed by atoms with E-state index in [0.717, 1.165) is 12.1 Å². The third-order valence-electron chi connectivity index (χ3n) is 3.76. The largest absolute Gasteiger partial charge is 0.481 e. The highest BCUT2D eigenvalue weighted by molar-refractivity contribution is 5.82. The minimum absolute atomic E-state index is 0.0594. The summed E-state index contributed by atoms with van der Waals surface area (Å²) in [7, 11) is 0. The number of para-hydroxylation sites is 1. The fraction of sp³-hybridized carbons (Fsp3) is 0.500. The molecular formula is C16H18F3NO5. The van der Waals surface area contributed by atoms with Crippen LogP contribution in [0.1, 0.15) is 18.9 Å². The van der Waals surface area contributed by atoms with Crippen molar-refractivity contribution in [3.63, 3.8) is 0 Å². The third kappa shape index (κ3) is 4.85. The first-order valence-corrected chi connectivity index (χ1v) is 7.63. The maximum Gasteiger partial charge on any atom is 0.419 e. The lowest BCUT2D eigenvalue weighted by Crippen LogP contribution is -2.53. The monoisotopic (exact) mass is 361 g/mol. The van der Waals surface area contributed by atoms with Gasteiger partial charge in [0, 0.05) is 6.54 Å². The summed E-state index contributed by atoms with van der Waals surface area (Å²) in [5, 5.41) is 8.92. The summed E-state index contributed by atoms with van der Waals surface area (Å²) >= 11 is 0. The van der Waals surface area contributed by atoms with Gasteiger partial charge >= 0.3 is 12.1 Å². The van der Waals surface area contributed by atoms with Crippen LogP contribution in [0.15, 0.2) is 24.3 Å². The van der Waals surface area contributed by atoms with Gasteiger partial charge in [-0.1, -0.05) is 12.1 Å². The second-order valence-corrected chi connectivity index (χ2v) is 5.61. The molecule has 0 bridgehead atoms. The van der Waals surface area contributed by atoms with Crippen molar-refractivity contribution >= 4 is 11.9 Å². The molecule has 1 heterocycles. The summed E-state index contributed by atoms with van der Waals surface area (Å²) in [6, 6.07) is 3.94. The van der Waals surface area contributed by atoms with Gasteiger partial charge in [0.05, 0.1) is 31.2 Å². The number of aliphatic carboxylic acids is 1. The lowest BCUT2D eigenvalue weighted by Gasteiger charge is -2.36. The molecule has 1 saturated heterocycles. The zero-order valence-electron chi connectivity index (χ0n) is 13.5. The van der Waals surface area contributed by atoms with E-state index in [9.17, 15) is 22.8 Å². The Labute approximate surface area is 142 Å². The van der Waals surface area contributed by atoms with E-state index in [0.29, 0.717) is 0 Å². The number of hydrogen-bond donors (Lipinski definition) is 1. The van der Waals surface area contributed by atoms with E-state index in [4.69, 9.17) is 14.6 Å². The van der Waals surface area contributed by atoms with Crippen molar-refractivity contribution in [1.82, 2.24) is 4.90 Å². The van der Waals surface area contributed by atoms with Gasteiger partial charge in [-0.2, -0.15) is 13.2 Å². The Morgan fingerprint density at radius 1 is 1.40 bits per heavy atom. The quantitative estimate of drug-likeness (QED) is 0.870. The summed E-state index contributed by atoms with van der Waals surface area (Å²) in [5.74, 6) is -2.12. The van der Waals surface area contributed by atoms with E-state index in [1.165, 1.54) is 24.0 Å². The average molecular weight is 361 g/mol. The number of carbonyl (C=O) groups excluding carboxylic acids is 1. The fourth-order valence-corrected chi connectivity index (χ4v) is 2.59. The van der Waals surface area contributed by atoms with Crippen molar-refractivity contribution in [3.05, 3.63) is 29.8 Å². The SMILES string of the molecule is CC(Oc1ccccc1C(F)(F)F)C(=O)N1CCOCC1CC(=O)O. The third-order valence-corrected chi connectivity index (χ3v) is 3.76. The Kier molecular flexibility index (Phi) is 5.89. The van der Waals surface area contributed by atoms with Crippen LogP contribution in [0, 0.1) is 0 Å². The predicted octanol–water partition coefficient (Wildman–Crippen LogP) is 2.17. The van der Waals surface area contributed by atoms with Crippen LogP contribution in [0.25, 0.3) is 0 Å². The minimum Gasteiger partial charge on any atom is -0.481 e. The van der Waals surface area contributed by atoms with E-state index in [-0.39, 0.29) is 26.2 Å². The second kappa shape index (κ2) is 7.73. The molecule has 1 aromatic rings. The number of morpholine rings is 1. The van der Waals surface area contributed by atoms with Crippen molar-refractivity contribution < 1.29 is 37.3 Å². The highest BCUT2D eigenvalue weighted by atomic mass is 19.4. The summed E-state index contributed by atoms with van der Waals surface area (Å²) in [5.41, 5.74) is -0.973. The molecule has 0 aliphatic carbocycles. The number of rotatable bonds is 5. The molecule has 25 heavy (non-hydrogen) atoms. The van der Waals surface area contributed by atoms with Gasteiger partial charge in [-0.3, -0.25) is 9.59 Å². The smallest absolute Gasteiger partial charge is 0.419 e. The van der Waals surface area contributed by atoms with Crippen LogP contribution >= 0.6 is 0 Å². The van der Waals surface area contributed by atoms with Gasteiger partial charge in [-0.05, 0) is 19.1 Å². The Morgan fingerprint density at radius 3 is 2.72 bits per heavy atom. The van der Waals surface area contributed by atoms with E-state index in [1.807, 2.05) is 0 Å². The molecule has 1 aromatic carbocycles. The Bertz CT molecular complexity index is 634. The average Bonchev–Trinajstić information content (AvgIpc) is 2.53. The molecule has 1 amide bonds. The van der Waals surface area contributed by atoms with Crippen molar-refractivity contribution in [2.75, 3.05) is 19.8 Å². The van der Waals surface area contributed by atoms with Crippen molar-refractivity contribution in [1.29, 1.82) is 0 Å². The van der Waals surface area contributed by atoms with Gasteiger partial charge in [0.2, 0.25) is 0 Å².